The lowest BCUT2D eigenvalue weighted by molar-refractivity contribution is -0.137. The summed E-state index contributed by atoms with van der Waals surface area (Å²) in [4.78, 5) is 25.6. The topological polar surface area (TPSA) is 76.1 Å². The van der Waals surface area contributed by atoms with Gasteiger partial charge in [0.15, 0.2) is 0 Å². The fourth-order valence-electron chi connectivity index (χ4n) is 3.09. The Kier molecular flexibility index (Phi) is 4.92. The number of likely N-dealkylation sites (tertiary alicyclic amines) is 1. The maximum atomic E-state index is 12.9. The molecule has 0 bridgehead atoms. The number of methoxy groups -OCH3 is 1. The Labute approximate surface area is 141 Å². The van der Waals surface area contributed by atoms with Gasteiger partial charge in [-0.3, -0.25) is 9.59 Å². The standard InChI is InChI=1S/C18H23NO5/c1-23-14-6-7-15(16(10-14)24-11-12-4-5-12)18(22)19-8-2-3-13(19)9-17(20)21/h6-7,10,12-13H,2-5,8-9,11H2,1H3,(H,20,21). The molecule has 6 heteroatoms. The highest BCUT2D eigenvalue weighted by Crippen LogP contribution is 2.33. The highest BCUT2D eigenvalue weighted by Gasteiger charge is 2.32. The van der Waals surface area contributed by atoms with Gasteiger partial charge in [-0.1, -0.05) is 0 Å². The molecule has 1 unspecified atom stereocenters. The van der Waals surface area contributed by atoms with Gasteiger partial charge in [-0.05, 0) is 43.7 Å². The largest absolute Gasteiger partial charge is 0.497 e. The molecule has 0 radical (unpaired) electrons. The van der Waals surface area contributed by atoms with Crippen LogP contribution in [0.15, 0.2) is 18.2 Å². The van der Waals surface area contributed by atoms with Crippen LogP contribution >= 0.6 is 0 Å². The smallest absolute Gasteiger partial charge is 0.305 e. The second-order valence-electron chi connectivity index (χ2n) is 6.51. The normalized spacial score (nSPS) is 20.0. The third-order valence-corrected chi connectivity index (χ3v) is 4.64. The van der Waals surface area contributed by atoms with E-state index in [0.717, 1.165) is 12.8 Å². The van der Waals surface area contributed by atoms with Gasteiger partial charge >= 0.3 is 5.97 Å². The zero-order valence-electron chi connectivity index (χ0n) is 13.9. The molecule has 2 fully saturated rings. The number of amides is 1. The molecule has 2 aliphatic rings. The van der Waals surface area contributed by atoms with Crippen molar-refractivity contribution < 1.29 is 24.2 Å². The van der Waals surface area contributed by atoms with Crippen molar-refractivity contribution in [2.45, 2.75) is 38.1 Å². The van der Waals surface area contributed by atoms with Crippen molar-refractivity contribution in [2.24, 2.45) is 5.92 Å². The summed E-state index contributed by atoms with van der Waals surface area (Å²) in [6, 6.07) is 4.94. The monoisotopic (exact) mass is 333 g/mol. The first-order chi connectivity index (χ1) is 11.6. The molecule has 1 atom stereocenters. The molecule has 6 nitrogen and oxygen atoms in total. The quantitative estimate of drug-likeness (QED) is 0.830. The van der Waals surface area contributed by atoms with Gasteiger partial charge in [0.25, 0.3) is 5.91 Å². The van der Waals surface area contributed by atoms with E-state index < -0.39 is 5.97 Å². The summed E-state index contributed by atoms with van der Waals surface area (Å²) in [5.41, 5.74) is 0.480. The Hall–Kier alpha value is -2.24. The number of carboxylic acids is 1. The highest BCUT2D eigenvalue weighted by molar-refractivity contribution is 5.97. The molecule has 0 spiro atoms. The predicted molar refractivity (Wildman–Crippen MR) is 87.5 cm³/mol. The molecule has 130 valence electrons. The first-order valence-electron chi connectivity index (χ1n) is 8.42. The van der Waals surface area contributed by atoms with Gasteiger partial charge in [0.05, 0.1) is 25.7 Å². The van der Waals surface area contributed by atoms with Crippen LogP contribution in [-0.2, 0) is 4.79 Å². The number of carboxylic acid groups (broad SMARTS) is 1. The number of hydrogen-bond donors (Lipinski definition) is 1. The minimum atomic E-state index is -0.875. The van der Waals surface area contributed by atoms with Gasteiger partial charge in [0.1, 0.15) is 11.5 Å². The SMILES string of the molecule is COc1ccc(C(=O)N2CCCC2CC(=O)O)c(OCC2CC2)c1. The molecular formula is C18H23NO5. The predicted octanol–water partition coefficient (Wildman–Crippen LogP) is 2.56. The summed E-state index contributed by atoms with van der Waals surface area (Å²) in [6.45, 7) is 1.19. The molecule has 1 saturated carbocycles. The minimum Gasteiger partial charge on any atom is -0.497 e. The number of rotatable bonds is 7. The molecule has 1 aromatic carbocycles. The summed E-state index contributed by atoms with van der Waals surface area (Å²) in [7, 11) is 1.57. The summed E-state index contributed by atoms with van der Waals surface area (Å²) >= 11 is 0. The average molecular weight is 333 g/mol. The van der Waals surface area contributed by atoms with Crippen molar-refractivity contribution in [1.82, 2.24) is 4.90 Å². The van der Waals surface area contributed by atoms with Gasteiger partial charge in [-0.25, -0.2) is 0 Å². The number of hydrogen-bond acceptors (Lipinski definition) is 4. The number of carbonyl (C=O) groups excluding carboxylic acids is 1. The summed E-state index contributed by atoms with van der Waals surface area (Å²) < 4.78 is 11.1. The van der Waals surface area contributed by atoms with E-state index in [9.17, 15) is 9.59 Å². The molecule has 1 aliphatic heterocycles. The van der Waals surface area contributed by atoms with Crippen molar-refractivity contribution >= 4 is 11.9 Å². The third kappa shape index (κ3) is 3.80. The number of carbonyl (C=O) groups is 2. The molecule has 0 aromatic heterocycles. The minimum absolute atomic E-state index is 0.0137. The first-order valence-corrected chi connectivity index (χ1v) is 8.42. The zero-order valence-corrected chi connectivity index (χ0v) is 13.9. The molecule has 1 aromatic rings. The molecule has 1 aliphatic carbocycles. The zero-order chi connectivity index (χ0) is 17.1. The lowest BCUT2D eigenvalue weighted by atomic mass is 10.1. The Morgan fingerprint density at radius 3 is 2.75 bits per heavy atom. The molecule has 3 rings (SSSR count). The number of benzene rings is 1. The third-order valence-electron chi connectivity index (χ3n) is 4.64. The van der Waals surface area contributed by atoms with Crippen LogP contribution in [0.2, 0.25) is 0 Å². The highest BCUT2D eigenvalue weighted by atomic mass is 16.5. The molecule has 1 N–H and O–H groups in total. The van der Waals surface area contributed by atoms with Crippen LogP contribution in [0.1, 0.15) is 42.5 Å². The number of nitrogens with zero attached hydrogens (tertiary/aromatic N) is 1. The molecule has 24 heavy (non-hydrogen) atoms. The van der Waals surface area contributed by atoms with E-state index in [4.69, 9.17) is 14.6 Å². The van der Waals surface area contributed by atoms with Gasteiger partial charge in [0, 0.05) is 18.7 Å². The first kappa shape index (κ1) is 16.6. The van der Waals surface area contributed by atoms with E-state index >= 15 is 0 Å². The van der Waals surface area contributed by atoms with Crippen LogP contribution in [0.25, 0.3) is 0 Å². The van der Waals surface area contributed by atoms with Gasteiger partial charge in [-0.15, -0.1) is 0 Å². The van der Waals surface area contributed by atoms with Crippen molar-refractivity contribution in [3.05, 3.63) is 23.8 Å². The van der Waals surface area contributed by atoms with Crippen molar-refractivity contribution in [3.63, 3.8) is 0 Å². The number of ether oxygens (including phenoxy) is 2. The van der Waals surface area contributed by atoms with E-state index in [0.29, 0.717) is 36.1 Å². The summed E-state index contributed by atoms with van der Waals surface area (Å²) in [5.74, 6) is 0.700. The van der Waals surface area contributed by atoms with Crippen LogP contribution < -0.4 is 9.47 Å². The Morgan fingerprint density at radius 1 is 1.29 bits per heavy atom. The molecule has 1 saturated heterocycles. The Morgan fingerprint density at radius 2 is 2.08 bits per heavy atom. The summed E-state index contributed by atoms with van der Waals surface area (Å²) in [5, 5.41) is 9.04. The molecule has 1 heterocycles. The Balaban J connectivity index is 1.80. The number of aliphatic carboxylic acids is 1. The maximum absolute atomic E-state index is 12.9. The van der Waals surface area contributed by atoms with Crippen molar-refractivity contribution in [2.75, 3.05) is 20.3 Å². The molecule has 1 amide bonds. The fraction of sp³-hybridized carbons (Fsp3) is 0.556. The lowest BCUT2D eigenvalue weighted by Gasteiger charge is -2.24. The van der Waals surface area contributed by atoms with E-state index in [1.54, 1.807) is 30.2 Å². The van der Waals surface area contributed by atoms with Crippen LogP contribution in [0.5, 0.6) is 11.5 Å². The second-order valence-corrected chi connectivity index (χ2v) is 6.51. The van der Waals surface area contributed by atoms with E-state index in [1.165, 1.54) is 12.8 Å². The second kappa shape index (κ2) is 7.11. The van der Waals surface area contributed by atoms with Gasteiger partial charge in [0.2, 0.25) is 0 Å². The summed E-state index contributed by atoms with van der Waals surface area (Å²) in [6.07, 6.45) is 3.88. The van der Waals surface area contributed by atoms with E-state index in [1.807, 2.05) is 0 Å². The van der Waals surface area contributed by atoms with Crippen LogP contribution in [0, 0.1) is 5.92 Å². The van der Waals surface area contributed by atoms with E-state index in [-0.39, 0.29) is 18.4 Å². The van der Waals surface area contributed by atoms with E-state index in [2.05, 4.69) is 0 Å². The molecular weight excluding hydrogens is 310 g/mol. The fourth-order valence-corrected chi connectivity index (χ4v) is 3.09. The Bertz CT molecular complexity index is 626. The lowest BCUT2D eigenvalue weighted by Crippen LogP contribution is -2.37. The van der Waals surface area contributed by atoms with Crippen LogP contribution in [-0.4, -0.2) is 48.2 Å². The van der Waals surface area contributed by atoms with Crippen molar-refractivity contribution in [1.29, 1.82) is 0 Å². The van der Waals surface area contributed by atoms with Crippen molar-refractivity contribution in [3.8, 4) is 11.5 Å². The van der Waals surface area contributed by atoms with Gasteiger partial charge in [-0.2, -0.15) is 0 Å². The van der Waals surface area contributed by atoms with Crippen LogP contribution in [0.4, 0.5) is 0 Å². The average Bonchev–Trinajstić information content (AvgIpc) is 3.29. The van der Waals surface area contributed by atoms with Gasteiger partial charge < -0.3 is 19.5 Å². The maximum Gasteiger partial charge on any atom is 0.305 e. The van der Waals surface area contributed by atoms with Crippen LogP contribution in [0.3, 0.4) is 0 Å².